The van der Waals surface area contributed by atoms with Crippen LogP contribution in [0.4, 0.5) is 0 Å². The molecule has 0 bridgehead atoms. The first-order valence-corrected chi connectivity index (χ1v) is 5.84. The van der Waals surface area contributed by atoms with Crippen LogP contribution in [0.1, 0.15) is 39.7 Å². The standard InChI is InChI=1S/C14H21NO2/c1-11(15-16)12-5-7-13(8-6-12)17-10-9-14(2,3)4/h5-8,16H,9-10H2,1-4H3/b15-11-. The molecule has 1 N–H and O–H groups in total. The van der Waals surface area contributed by atoms with Crippen LogP contribution in [0.3, 0.4) is 0 Å². The first-order chi connectivity index (χ1) is 7.92. The maximum Gasteiger partial charge on any atom is 0.119 e. The summed E-state index contributed by atoms with van der Waals surface area (Å²) in [6, 6.07) is 7.57. The number of hydrogen-bond donors (Lipinski definition) is 1. The molecule has 1 rings (SSSR count). The number of benzene rings is 1. The molecule has 3 nitrogen and oxygen atoms in total. The van der Waals surface area contributed by atoms with Crippen molar-refractivity contribution in [3.63, 3.8) is 0 Å². The summed E-state index contributed by atoms with van der Waals surface area (Å²) in [5.41, 5.74) is 1.79. The number of ether oxygens (including phenoxy) is 1. The molecule has 0 aliphatic carbocycles. The van der Waals surface area contributed by atoms with Gasteiger partial charge in [-0.15, -0.1) is 0 Å². The lowest BCUT2D eigenvalue weighted by Gasteiger charge is -2.18. The Kier molecular flexibility index (Phi) is 4.55. The Morgan fingerprint density at radius 2 is 1.82 bits per heavy atom. The largest absolute Gasteiger partial charge is 0.494 e. The molecule has 0 saturated carbocycles. The van der Waals surface area contributed by atoms with E-state index in [1.165, 1.54) is 0 Å². The zero-order valence-corrected chi connectivity index (χ0v) is 11.0. The second-order valence-electron chi connectivity index (χ2n) is 5.37. The third-order valence-electron chi connectivity index (χ3n) is 2.54. The maximum atomic E-state index is 8.65. The number of nitrogens with zero attached hydrogens (tertiary/aromatic N) is 1. The predicted octanol–water partition coefficient (Wildman–Crippen LogP) is 3.70. The SMILES string of the molecule is C/C(=N/O)c1ccc(OCCC(C)(C)C)cc1. The van der Waals surface area contributed by atoms with Crippen molar-refractivity contribution in [3.8, 4) is 5.75 Å². The van der Waals surface area contributed by atoms with Crippen LogP contribution in [0.15, 0.2) is 29.4 Å². The van der Waals surface area contributed by atoms with E-state index in [4.69, 9.17) is 9.94 Å². The van der Waals surface area contributed by atoms with E-state index < -0.39 is 0 Å². The average molecular weight is 235 g/mol. The fourth-order valence-corrected chi connectivity index (χ4v) is 1.33. The maximum absolute atomic E-state index is 8.65. The van der Waals surface area contributed by atoms with E-state index in [1.807, 2.05) is 24.3 Å². The number of oxime groups is 1. The summed E-state index contributed by atoms with van der Waals surface area (Å²) in [6.07, 6.45) is 1.02. The highest BCUT2D eigenvalue weighted by Crippen LogP contribution is 2.19. The van der Waals surface area contributed by atoms with Crippen molar-refractivity contribution in [2.45, 2.75) is 34.1 Å². The van der Waals surface area contributed by atoms with E-state index >= 15 is 0 Å². The van der Waals surface area contributed by atoms with Gasteiger partial charge in [-0.25, -0.2) is 0 Å². The third kappa shape index (κ3) is 4.89. The molecule has 94 valence electrons. The van der Waals surface area contributed by atoms with Gasteiger partial charge in [-0.05, 0) is 48.6 Å². The zero-order valence-electron chi connectivity index (χ0n) is 11.0. The van der Waals surface area contributed by atoms with E-state index in [1.54, 1.807) is 6.92 Å². The average Bonchev–Trinajstić information content (AvgIpc) is 2.27. The molecule has 0 spiro atoms. The van der Waals surface area contributed by atoms with Crippen LogP contribution in [-0.2, 0) is 0 Å². The van der Waals surface area contributed by atoms with Crippen molar-refractivity contribution in [2.75, 3.05) is 6.61 Å². The van der Waals surface area contributed by atoms with Gasteiger partial charge in [0.05, 0.1) is 12.3 Å². The van der Waals surface area contributed by atoms with Gasteiger partial charge in [0, 0.05) is 0 Å². The molecule has 0 atom stereocenters. The summed E-state index contributed by atoms with van der Waals surface area (Å²) in [7, 11) is 0. The number of hydrogen-bond acceptors (Lipinski definition) is 3. The number of rotatable bonds is 4. The van der Waals surface area contributed by atoms with Gasteiger partial charge in [-0.2, -0.15) is 0 Å². The molecule has 1 aromatic rings. The summed E-state index contributed by atoms with van der Waals surface area (Å²) in [5.74, 6) is 0.851. The second-order valence-corrected chi connectivity index (χ2v) is 5.37. The van der Waals surface area contributed by atoms with Crippen molar-refractivity contribution < 1.29 is 9.94 Å². The van der Waals surface area contributed by atoms with Crippen LogP contribution >= 0.6 is 0 Å². The summed E-state index contributed by atoms with van der Waals surface area (Å²) in [5, 5.41) is 11.8. The minimum absolute atomic E-state index is 0.292. The molecule has 0 aromatic heterocycles. The van der Waals surface area contributed by atoms with E-state index in [2.05, 4.69) is 25.9 Å². The van der Waals surface area contributed by atoms with Gasteiger partial charge < -0.3 is 9.94 Å². The lowest BCUT2D eigenvalue weighted by atomic mass is 9.93. The first-order valence-electron chi connectivity index (χ1n) is 5.84. The van der Waals surface area contributed by atoms with Gasteiger partial charge >= 0.3 is 0 Å². The Morgan fingerprint density at radius 3 is 2.29 bits per heavy atom. The normalized spacial score (nSPS) is 12.6. The topological polar surface area (TPSA) is 41.8 Å². The van der Waals surface area contributed by atoms with Crippen LogP contribution < -0.4 is 4.74 Å². The molecule has 0 aliphatic rings. The Labute approximate surface area is 103 Å². The molecule has 0 saturated heterocycles. The summed E-state index contributed by atoms with van der Waals surface area (Å²) in [6.45, 7) is 9.06. The first kappa shape index (κ1) is 13.6. The van der Waals surface area contributed by atoms with Crippen molar-refractivity contribution in [3.05, 3.63) is 29.8 Å². The molecule has 0 heterocycles. The smallest absolute Gasteiger partial charge is 0.119 e. The minimum atomic E-state index is 0.292. The molecule has 17 heavy (non-hydrogen) atoms. The molecular formula is C14H21NO2. The Morgan fingerprint density at radius 1 is 1.24 bits per heavy atom. The monoisotopic (exact) mass is 235 g/mol. The van der Waals surface area contributed by atoms with Gasteiger partial charge in [-0.3, -0.25) is 0 Å². The highest BCUT2D eigenvalue weighted by atomic mass is 16.5. The van der Waals surface area contributed by atoms with Crippen molar-refractivity contribution in [2.24, 2.45) is 10.6 Å². The minimum Gasteiger partial charge on any atom is -0.494 e. The molecule has 3 heteroatoms. The quantitative estimate of drug-likeness (QED) is 0.491. The highest BCUT2D eigenvalue weighted by Gasteiger charge is 2.09. The highest BCUT2D eigenvalue weighted by molar-refractivity contribution is 5.98. The Bertz CT molecular complexity index is 374. The summed E-state index contributed by atoms with van der Waals surface area (Å²) in [4.78, 5) is 0. The van der Waals surface area contributed by atoms with Crippen molar-refractivity contribution in [1.82, 2.24) is 0 Å². The second kappa shape index (κ2) is 5.71. The van der Waals surface area contributed by atoms with Crippen molar-refractivity contribution >= 4 is 5.71 Å². The molecule has 0 unspecified atom stereocenters. The summed E-state index contributed by atoms with van der Waals surface area (Å²) >= 11 is 0. The van der Waals surface area contributed by atoms with E-state index in [-0.39, 0.29) is 0 Å². The Hall–Kier alpha value is -1.51. The van der Waals surface area contributed by atoms with Gasteiger partial charge in [0.15, 0.2) is 0 Å². The molecule has 0 radical (unpaired) electrons. The van der Waals surface area contributed by atoms with E-state index in [9.17, 15) is 0 Å². The molecule has 0 fully saturated rings. The zero-order chi connectivity index (χ0) is 12.9. The van der Waals surface area contributed by atoms with Gasteiger partial charge in [0.2, 0.25) is 0 Å². The molecule has 0 amide bonds. The summed E-state index contributed by atoms with van der Waals surface area (Å²) < 4.78 is 5.65. The molecule has 0 aliphatic heterocycles. The predicted molar refractivity (Wildman–Crippen MR) is 70.0 cm³/mol. The van der Waals surface area contributed by atoms with Crippen molar-refractivity contribution in [1.29, 1.82) is 0 Å². The van der Waals surface area contributed by atoms with Crippen LogP contribution in [0.5, 0.6) is 5.75 Å². The molecule has 1 aromatic carbocycles. The molecular weight excluding hydrogens is 214 g/mol. The van der Waals surface area contributed by atoms with E-state index in [0.29, 0.717) is 11.1 Å². The van der Waals surface area contributed by atoms with Crippen LogP contribution in [0.25, 0.3) is 0 Å². The fraction of sp³-hybridized carbons (Fsp3) is 0.500. The Balaban J connectivity index is 2.52. The van der Waals surface area contributed by atoms with Gasteiger partial charge in [-0.1, -0.05) is 25.9 Å². The van der Waals surface area contributed by atoms with Crippen LogP contribution in [0.2, 0.25) is 0 Å². The third-order valence-corrected chi connectivity index (χ3v) is 2.54. The fourth-order valence-electron chi connectivity index (χ4n) is 1.33. The lowest BCUT2D eigenvalue weighted by Crippen LogP contribution is -2.11. The van der Waals surface area contributed by atoms with Gasteiger partial charge in [0.25, 0.3) is 0 Å². The van der Waals surface area contributed by atoms with Crippen LogP contribution in [0, 0.1) is 5.41 Å². The van der Waals surface area contributed by atoms with Crippen LogP contribution in [-0.4, -0.2) is 17.5 Å². The van der Waals surface area contributed by atoms with E-state index in [0.717, 1.165) is 24.3 Å². The van der Waals surface area contributed by atoms with Gasteiger partial charge in [0.1, 0.15) is 5.75 Å². The lowest BCUT2D eigenvalue weighted by molar-refractivity contribution is 0.243.